The summed E-state index contributed by atoms with van der Waals surface area (Å²) in [5, 5.41) is 4.04. The molecule has 1 nitrogen and oxygen atoms in total. The Morgan fingerprint density at radius 2 is 2.00 bits per heavy atom. The van der Waals surface area contributed by atoms with Gasteiger partial charge in [0.05, 0.1) is 21.2 Å². The zero-order chi connectivity index (χ0) is 13.8. The molecule has 2 aromatic rings. The van der Waals surface area contributed by atoms with Crippen LogP contribution in [-0.2, 0) is 0 Å². The van der Waals surface area contributed by atoms with Crippen molar-refractivity contribution in [2.75, 3.05) is 5.32 Å². The first-order chi connectivity index (χ1) is 9.11. The van der Waals surface area contributed by atoms with Crippen LogP contribution >= 0.6 is 27.5 Å². The number of hydrogen-bond acceptors (Lipinski definition) is 1. The predicted molar refractivity (Wildman–Crippen MR) is 82.2 cm³/mol. The Balaban J connectivity index is 2.26. The Morgan fingerprint density at radius 3 is 2.68 bits per heavy atom. The molecule has 0 radical (unpaired) electrons. The molecule has 0 aliphatic heterocycles. The largest absolute Gasteiger partial charge is 0.377 e. The molecule has 0 aliphatic carbocycles. The van der Waals surface area contributed by atoms with Crippen molar-refractivity contribution in [3.8, 4) is 0 Å². The highest BCUT2D eigenvalue weighted by Crippen LogP contribution is 2.33. The van der Waals surface area contributed by atoms with Crippen molar-refractivity contribution in [2.24, 2.45) is 0 Å². The third kappa shape index (κ3) is 3.48. The average molecular weight is 343 g/mol. The van der Waals surface area contributed by atoms with Crippen LogP contribution in [0, 0.1) is 5.82 Å². The van der Waals surface area contributed by atoms with Crippen LogP contribution in [0.2, 0.25) is 5.02 Å². The Bertz CT molecular complexity index is 574. The van der Waals surface area contributed by atoms with Crippen molar-refractivity contribution in [3.63, 3.8) is 0 Å². The lowest BCUT2D eigenvalue weighted by Gasteiger charge is -2.20. The third-order valence-electron chi connectivity index (χ3n) is 2.94. The van der Waals surface area contributed by atoms with Gasteiger partial charge in [-0.05, 0) is 52.2 Å². The van der Waals surface area contributed by atoms with Crippen molar-refractivity contribution in [3.05, 3.63) is 63.3 Å². The van der Waals surface area contributed by atoms with E-state index in [1.54, 1.807) is 12.1 Å². The summed E-state index contributed by atoms with van der Waals surface area (Å²) in [4.78, 5) is 0. The predicted octanol–water partition coefficient (Wildman–Crippen LogP) is 5.80. The molecule has 0 bridgehead atoms. The second-order valence-corrected chi connectivity index (χ2v) is 5.46. The van der Waals surface area contributed by atoms with Gasteiger partial charge in [-0.2, -0.15) is 0 Å². The Labute approximate surface area is 125 Å². The number of rotatable bonds is 4. The van der Waals surface area contributed by atoms with Crippen LogP contribution in [-0.4, -0.2) is 0 Å². The molecule has 0 saturated carbocycles. The van der Waals surface area contributed by atoms with E-state index in [0.29, 0.717) is 5.02 Å². The van der Waals surface area contributed by atoms with Gasteiger partial charge >= 0.3 is 0 Å². The summed E-state index contributed by atoms with van der Waals surface area (Å²) in [5.74, 6) is -0.220. The van der Waals surface area contributed by atoms with Crippen molar-refractivity contribution < 1.29 is 4.39 Å². The molecule has 1 unspecified atom stereocenters. The summed E-state index contributed by atoms with van der Waals surface area (Å²) in [6.07, 6.45) is 0.850. The first-order valence-corrected chi connectivity index (χ1v) is 7.25. The molecule has 0 fully saturated rings. The summed E-state index contributed by atoms with van der Waals surface area (Å²) in [6.45, 7) is 2.06. The van der Waals surface area contributed by atoms with Gasteiger partial charge < -0.3 is 5.32 Å². The number of halogens is 3. The highest BCUT2D eigenvalue weighted by Gasteiger charge is 2.12. The molecule has 0 saturated heterocycles. The molecule has 0 aliphatic rings. The zero-order valence-corrected chi connectivity index (χ0v) is 12.8. The second kappa shape index (κ2) is 6.40. The standard InChI is InChI=1S/C15H14BrClFN/c1-2-13(10-5-3-6-11(18)9-10)19-14-8-4-7-12(17)15(14)16/h3-9,13,19H,2H2,1H3. The SMILES string of the molecule is CCC(Nc1cccc(Cl)c1Br)c1cccc(F)c1. The van der Waals surface area contributed by atoms with Gasteiger partial charge in [0, 0.05) is 0 Å². The Kier molecular flexibility index (Phi) is 4.83. The lowest BCUT2D eigenvalue weighted by atomic mass is 10.0. The van der Waals surface area contributed by atoms with E-state index in [-0.39, 0.29) is 11.9 Å². The Morgan fingerprint density at radius 1 is 1.26 bits per heavy atom. The van der Waals surface area contributed by atoms with Crippen molar-refractivity contribution >= 4 is 33.2 Å². The summed E-state index contributed by atoms with van der Waals surface area (Å²) >= 11 is 9.52. The maximum Gasteiger partial charge on any atom is 0.123 e. The van der Waals surface area contributed by atoms with Gasteiger partial charge in [0.15, 0.2) is 0 Å². The maximum atomic E-state index is 13.3. The highest BCUT2D eigenvalue weighted by molar-refractivity contribution is 9.10. The van der Waals surface area contributed by atoms with Crippen LogP contribution in [0.1, 0.15) is 24.9 Å². The topological polar surface area (TPSA) is 12.0 Å². The van der Waals surface area contributed by atoms with Crippen LogP contribution in [0.3, 0.4) is 0 Å². The molecule has 1 atom stereocenters. The van der Waals surface area contributed by atoms with Gasteiger partial charge in [-0.1, -0.05) is 36.7 Å². The molecular weight excluding hydrogens is 329 g/mol. The lowest BCUT2D eigenvalue weighted by Crippen LogP contribution is -2.10. The summed E-state index contributed by atoms with van der Waals surface area (Å²) in [6, 6.07) is 12.3. The number of benzene rings is 2. The third-order valence-corrected chi connectivity index (χ3v) is 4.34. The molecule has 0 aromatic heterocycles. The van der Waals surface area contributed by atoms with Crippen LogP contribution in [0.25, 0.3) is 0 Å². The fourth-order valence-electron chi connectivity index (χ4n) is 1.95. The molecule has 100 valence electrons. The molecule has 0 amide bonds. The minimum absolute atomic E-state index is 0.0467. The van der Waals surface area contributed by atoms with Gasteiger partial charge in [-0.25, -0.2) is 4.39 Å². The maximum absolute atomic E-state index is 13.3. The Hall–Kier alpha value is -1.06. The second-order valence-electron chi connectivity index (χ2n) is 4.26. The molecule has 4 heteroatoms. The average Bonchev–Trinajstić information content (AvgIpc) is 2.40. The molecule has 0 spiro atoms. The summed E-state index contributed by atoms with van der Waals surface area (Å²) in [7, 11) is 0. The number of nitrogens with one attached hydrogen (secondary N) is 1. The quantitative estimate of drug-likeness (QED) is 0.740. The fourth-order valence-corrected chi connectivity index (χ4v) is 2.50. The molecule has 2 aromatic carbocycles. The summed E-state index contributed by atoms with van der Waals surface area (Å²) in [5.41, 5.74) is 1.83. The van der Waals surface area contributed by atoms with Gasteiger partial charge in [0.25, 0.3) is 0 Å². The molecule has 0 heterocycles. The van der Waals surface area contributed by atoms with Crippen molar-refractivity contribution in [1.29, 1.82) is 0 Å². The van der Waals surface area contributed by atoms with Crippen LogP contribution in [0.5, 0.6) is 0 Å². The number of hydrogen-bond donors (Lipinski definition) is 1. The van der Waals surface area contributed by atoms with E-state index in [1.165, 1.54) is 6.07 Å². The van der Waals surface area contributed by atoms with E-state index in [1.807, 2.05) is 24.3 Å². The normalized spacial score (nSPS) is 12.2. The van der Waals surface area contributed by atoms with Crippen molar-refractivity contribution in [1.82, 2.24) is 0 Å². The zero-order valence-electron chi connectivity index (χ0n) is 10.5. The highest BCUT2D eigenvalue weighted by atomic mass is 79.9. The lowest BCUT2D eigenvalue weighted by molar-refractivity contribution is 0.621. The smallest absolute Gasteiger partial charge is 0.123 e. The van der Waals surface area contributed by atoms with Gasteiger partial charge in [-0.15, -0.1) is 0 Å². The number of anilines is 1. The van der Waals surface area contributed by atoms with E-state index in [2.05, 4.69) is 28.2 Å². The van der Waals surface area contributed by atoms with Crippen molar-refractivity contribution in [2.45, 2.75) is 19.4 Å². The van der Waals surface area contributed by atoms with E-state index >= 15 is 0 Å². The van der Waals surface area contributed by atoms with Crippen LogP contribution in [0.4, 0.5) is 10.1 Å². The van der Waals surface area contributed by atoms with E-state index in [4.69, 9.17) is 11.6 Å². The minimum atomic E-state index is -0.220. The van der Waals surface area contributed by atoms with Gasteiger partial charge in [-0.3, -0.25) is 0 Å². The van der Waals surface area contributed by atoms with Crippen LogP contribution in [0.15, 0.2) is 46.9 Å². The van der Waals surface area contributed by atoms with Gasteiger partial charge in [0.2, 0.25) is 0 Å². The molecular formula is C15H14BrClFN. The molecule has 2 rings (SSSR count). The minimum Gasteiger partial charge on any atom is -0.377 e. The monoisotopic (exact) mass is 341 g/mol. The molecule has 1 N–H and O–H groups in total. The van der Waals surface area contributed by atoms with Gasteiger partial charge in [0.1, 0.15) is 5.82 Å². The first kappa shape index (κ1) is 14.4. The summed E-state index contributed by atoms with van der Waals surface area (Å²) < 4.78 is 14.1. The van der Waals surface area contributed by atoms with E-state index < -0.39 is 0 Å². The molecule has 19 heavy (non-hydrogen) atoms. The first-order valence-electron chi connectivity index (χ1n) is 6.08. The van der Waals surface area contributed by atoms with Crippen LogP contribution < -0.4 is 5.32 Å². The van der Waals surface area contributed by atoms with E-state index in [9.17, 15) is 4.39 Å². The van der Waals surface area contributed by atoms with E-state index in [0.717, 1.165) is 22.1 Å². The fraction of sp³-hybridized carbons (Fsp3) is 0.200.